The van der Waals surface area contributed by atoms with Gasteiger partial charge in [0.05, 0.1) is 0 Å². The Morgan fingerprint density at radius 2 is 0.943 bits per heavy atom. The summed E-state index contributed by atoms with van der Waals surface area (Å²) < 4.78 is 2.98. The van der Waals surface area contributed by atoms with Crippen molar-refractivity contribution in [2.45, 2.75) is 83.5 Å². The lowest BCUT2D eigenvalue weighted by Crippen LogP contribution is -2.06. The molecule has 2 fully saturated rings. The number of benzene rings is 3. The molecule has 0 spiro atoms. The van der Waals surface area contributed by atoms with Crippen molar-refractivity contribution in [1.29, 1.82) is 0 Å². The first-order valence-corrected chi connectivity index (χ1v) is 15.7. The zero-order valence-electron chi connectivity index (χ0n) is 20.8. The van der Waals surface area contributed by atoms with Gasteiger partial charge < -0.3 is 0 Å². The second-order valence-electron chi connectivity index (χ2n) is 11.4. The fraction of sp³-hybridized carbons (Fsp3) is 0.455. The van der Waals surface area contributed by atoms with Gasteiger partial charge >= 0.3 is 0 Å². The van der Waals surface area contributed by atoms with E-state index in [9.17, 15) is 0 Å². The molecule has 0 unspecified atom stereocenters. The second kappa shape index (κ2) is 9.52. The van der Waals surface area contributed by atoms with E-state index in [0.29, 0.717) is 0 Å². The molecular weight excluding hydrogens is 460 g/mol. The molecule has 0 N–H and O–H groups in total. The van der Waals surface area contributed by atoms with Crippen molar-refractivity contribution in [3.05, 3.63) is 58.3 Å². The van der Waals surface area contributed by atoms with Crippen LogP contribution in [0.15, 0.2) is 48.5 Å². The van der Waals surface area contributed by atoms with E-state index in [2.05, 4.69) is 59.9 Å². The van der Waals surface area contributed by atoms with Gasteiger partial charge in [0.25, 0.3) is 0 Å². The van der Waals surface area contributed by atoms with Crippen LogP contribution in [0.5, 0.6) is 0 Å². The fourth-order valence-corrected chi connectivity index (χ4v) is 9.36. The molecule has 2 saturated carbocycles. The van der Waals surface area contributed by atoms with Crippen LogP contribution >= 0.6 is 22.7 Å². The lowest BCUT2D eigenvalue weighted by Gasteiger charge is -2.20. The maximum absolute atomic E-state index is 2.48. The number of fused-ring (bicyclic) bond motifs is 6. The monoisotopic (exact) mass is 496 g/mol. The molecule has 2 aliphatic rings. The molecule has 2 heterocycles. The molecule has 0 radical (unpaired) electrons. The van der Waals surface area contributed by atoms with Crippen LogP contribution in [0, 0.1) is 11.8 Å². The normalized spacial score (nSPS) is 18.1. The van der Waals surface area contributed by atoms with Gasteiger partial charge in [-0.25, -0.2) is 0 Å². The summed E-state index contributed by atoms with van der Waals surface area (Å²) in [6.45, 7) is 0. The van der Waals surface area contributed by atoms with E-state index >= 15 is 0 Å². The Balaban J connectivity index is 1.20. The van der Waals surface area contributed by atoms with Gasteiger partial charge in [0, 0.05) is 29.9 Å². The standard InChI is InChI=1S/C33H36S2/c1-2-6-22(7-3-1)10-16-28-18-26-14-12-24-21-31-25(20-30(24)32(26)34-28)13-15-27-19-29(35-33(27)31)17-11-23-8-4-5-9-23/h12-15,18-23H,1-11,16-17H2. The van der Waals surface area contributed by atoms with Crippen LogP contribution in [-0.2, 0) is 12.8 Å². The summed E-state index contributed by atoms with van der Waals surface area (Å²) in [5.74, 6) is 1.94. The predicted octanol–water partition coefficient (Wildman–Crippen LogP) is 11.1. The molecule has 0 saturated heterocycles. The van der Waals surface area contributed by atoms with E-state index in [1.54, 1.807) is 9.75 Å². The van der Waals surface area contributed by atoms with E-state index in [0.717, 1.165) is 11.8 Å². The lowest BCUT2D eigenvalue weighted by atomic mass is 9.86. The lowest BCUT2D eigenvalue weighted by molar-refractivity contribution is 0.340. The van der Waals surface area contributed by atoms with Gasteiger partial charge in [0.1, 0.15) is 0 Å². The molecule has 0 amide bonds. The predicted molar refractivity (Wildman–Crippen MR) is 157 cm³/mol. The zero-order valence-corrected chi connectivity index (χ0v) is 22.4. The van der Waals surface area contributed by atoms with Crippen molar-refractivity contribution in [3.8, 4) is 0 Å². The quantitative estimate of drug-likeness (QED) is 0.205. The van der Waals surface area contributed by atoms with E-state index in [1.165, 1.54) is 125 Å². The Morgan fingerprint density at radius 1 is 0.514 bits per heavy atom. The van der Waals surface area contributed by atoms with Crippen LogP contribution in [0.4, 0.5) is 0 Å². The molecule has 5 aromatic rings. The van der Waals surface area contributed by atoms with Crippen molar-refractivity contribution in [1.82, 2.24) is 0 Å². The van der Waals surface area contributed by atoms with Crippen LogP contribution in [0.1, 0.15) is 80.4 Å². The van der Waals surface area contributed by atoms with Crippen LogP contribution in [0.3, 0.4) is 0 Å². The first-order chi connectivity index (χ1) is 17.3. The Kier molecular flexibility index (Phi) is 6.07. The summed E-state index contributed by atoms with van der Waals surface area (Å²) in [6.07, 6.45) is 18.4. The molecule has 0 atom stereocenters. The number of aryl methyl sites for hydroxylation is 2. The highest BCUT2D eigenvalue weighted by atomic mass is 32.1. The third-order valence-electron chi connectivity index (χ3n) is 9.02. The molecule has 0 nitrogen and oxygen atoms in total. The second-order valence-corrected chi connectivity index (χ2v) is 13.7. The molecule has 0 aliphatic heterocycles. The Bertz CT molecular complexity index is 1490. The highest BCUT2D eigenvalue weighted by Crippen LogP contribution is 2.40. The molecule has 2 aliphatic carbocycles. The molecule has 180 valence electrons. The molecule has 2 aromatic heterocycles. The smallest absolute Gasteiger partial charge is 0.0424 e. The number of hydrogen-bond acceptors (Lipinski definition) is 2. The van der Waals surface area contributed by atoms with Gasteiger partial charge in [0.2, 0.25) is 0 Å². The molecule has 2 heteroatoms. The van der Waals surface area contributed by atoms with Crippen LogP contribution in [0.2, 0.25) is 0 Å². The minimum atomic E-state index is 0.964. The maximum atomic E-state index is 2.48. The number of thiophene rings is 2. The molecular formula is C33H36S2. The van der Waals surface area contributed by atoms with E-state index in [4.69, 9.17) is 0 Å². The summed E-state index contributed by atoms with van der Waals surface area (Å²) in [6, 6.07) is 19.4. The minimum absolute atomic E-state index is 0.964. The highest BCUT2D eigenvalue weighted by molar-refractivity contribution is 7.20. The van der Waals surface area contributed by atoms with Gasteiger partial charge in [-0.3, -0.25) is 0 Å². The summed E-state index contributed by atoms with van der Waals surface area (Å²) >= 11 is 4.10. The molecule has 0 bridgehead atoms. The Labute approximate surface area is 217 Å². The summed E-state index contributed by atoms with van der Waals surface area (Å²) in [4.78, 5) is 3.16. The van der Waals surface area contributed by atoms with Gasteiger partial charge in [-0.05, 0) is 83.3 Å². The summed E-state index contributed by atoms with van der Waals surface area (Å²) in [7, 11) is 0. The summed E-state index contributed by atoms with van der Waals surface area (Å²) in [5.41, 5.74) is 0. The number of hydrogen-bond donors (Lipinski definition) is 0. The first-order valence-electron chi connectivity index (χ1n) is 14.1. The van der Waals surface area contributed by atoms with Crippen LogP contribution < -0.4 is 0 Å². The highest BCUT2D eigenvalue weighted by Gasteiger charge is 2.17. The first kappa shape index (κ1) is 22.3. The molecule has 3 aromatic carbocycles. The van der Waals surface area contributed by atoms with Crippen molar-refractivity contribution in [3.63, 3.8) is 0 Å². The van der Waals surface area contributed by atoms with Crippen LogP contribution in [0.25, 0.3) is 41.7 Å². The third-order valence-corrected chi connectivity index (χ3v) is 11.5. The van der Waals surface area contributed by atoms with E-state index < -0.39 is 0 Å². The average Bonchev–Trinajstić information content (AvgIpc) is 3.65. The molecule has 35 heavy (non-hydrogen) atoms. The van der Waals surface area contributed by atoms with Crippen molar-refractivity contribution in [2.75, 3.05) is 0 Å². The van der Waals surface area contributed by atoms with Crippen molar-refractivity contribution < 1.29 is 0 Å². The average molecular weight is 497 g/mol. The van der Waals surface area contributed by atoms with Crippen molar-refractivity contribution >= 4 is 64.4 Å². The fourth-order valence-electron chi connectivity index (χ4n) is 6.96. The Morgan fingerprint density at radius 3 is 1.43 bits per heavy atom. The Hall–Kier alpha value is -1.90. The van der Waals surface area contributed by atoms with E-state index in [-0.39, 0.29) is 0 Å². The van der Waals surface area contributed by atoms with Gasteiger partial charge in [-0.2, -0.15) is 0 Å². The maximum Gasteiger partial charge on any atom is 0.0424 e. The SMILES string of the molecule is c1cc2cc(CCC3CCCCC3)sc2c2cc3ccc4cc(CCC5CCCC5)sc4c3cc12. The minimum Gasteiger partial charge on any atom is -0.140 e. The van der Waals surface area contributed by atoms with Gasteiger partial charge in [0.15, 0.2) is 0 Å². The zero-order chi connectivity index (χ0) is 23.2. The third kappa shape index (κ3) is 4.42. The largest absolute Gasteiger partial charge is 0.140 e. The van der Waals surface area contributed by atoms with Gasteiger partial charge in [-0.15, -0.1) is 22.7 Å². The number of rotatable bonds is 6. The van der Waals surface area contributed by atoms with E-state index in [1.807, 2.05) is 11.3 Å². The van der Waals surface area contributed by atoms with Crippen LogP contribution in [-0.4, -0.2) is 0 Å². The van der Waals surface area contributed by atoms with Crippen molar-refractivity contribution in [2.24, 2.45) is 11.8 Å². The summed E-state index contributed by atoms with van der Waals surface area (Å²) in [5, 5.41) is 8.57. The molecule has 7 rings (SSSR count). The topological polar surface area (TPSA) is 0 Å². The van der Waals surface area contributed by atoms with Gasteiger partial charge in [-0.1, -0.05) is 82.1 Å².